The summed E-state index contributed by atoms with van der Waals surface area (Å²) in [5, 5.41) is 0. The molecule has 0 N–H and O–H groups in total. The van der Waals surface area contributed by atoms with Crippen LogP contribution >= 0.6 is 0 Å². The summed E-state index contributed by atoms with van der Waals surface area (Å²) in [7, 11) is 0. The van der Waals surface area contributed by atoms with Crippen molar-refractivity contribution in [2.24, 2.45) is 83.7 Å². The number of ether oxygens (including phenoxy) is 6. The van der Waals surface area contributed by atoms with Gasteiger partial charge in [0, 0.05) is 5.41 Å². The van der Waals surface area contributed by atoms with Gasteiger partial charge in [-0.15, -0.1) is 0 Å². The number of unbranched alkanes of at least 4 members (excludes halogenated alkanes) is 2. The maximum Gasteiger partial charge on any atom is 0.311 e. The van der Waals surface area contributed by atoms with Gasteiger partial charge >= 0.3 is 35.8 Å². The van der Waals surface area contributed by atoms with E-state index in [2.05, 4.69) is 83.1 Å². The molecular formula is C81H154O12. The first-order valence-electron chi connectivity index (χ1n) is 37.6. The summed E-state index contributed by atoms with van der Waals surface area (Å²) in [6.07, 6.45) is 23.5. The van der Waals surface area contributed by atoms with Gasteiger partial charge in [-0.25, -0.2) is 0 Å². The van der Waals surface area contributed by atoms with Gasteiger partial charge in [-0.05, 0) is 244 Å². The van der Waals surface area contributed by atoms with Gasteiger partial charge in [0.2, 0.25) is 0 Å². The van der Waals surface area contributed by atoms with Gasteiger partial charge in [0.15, 0.2) is 0 Å². The number of hydrogen-bond donors (Lipinski definition) is 0. The molecule has 4 aliphatic carbocycles. The van der Waals surface area contributed by atoms with E-state index >= 15 is 0 Å². The molecule has 0 aromatic rings. The zero-order valence-electron chi connectivity index (χ0n) is 67.2. The average molecular weight is 1320 g/mol. The van der Waals surface area contributed by atoms with Crippen molar-refractivity contribution in [2.45, 2.75) is 381 Å². The van der Waals surface area contributed by atoms with E-state index in [1.165, 1.54) is 51.4 Å². The Morgan fingerprint density at radius 3 is 1.23 bits per heavy atom. The lowest BCUT2D eigenvalue weighted by Gasteiger charge is -2.39. The van der Waals surface area contributed by atoms with Crippen molar-refractivity contribution in [3.05, 3.63) is 0 Å². The Morgan fingerprint density at radius 2 is 0.860 bits per heavy atom. The smallest absolute Gasteiger partial charge is 0.311 e. The van der Waals surface area contributed by atoms with Gasteiger partial charge in [0.25, 0.3) is 0 Å². The summed E-state index contributed by atoms with van der Waals surface area (Å²) < 4.78 is 33.0. The lowest BCUT2D eigenvalue weighted by Crippen LogP contribution is -2.40. The highest BCUT2D eigenvalue weighted by atomic mass is 16.6. The van der Waals surface area contributed by atoms with Crippen LogP contribution < -0.4 is 0 Å². The summed E-state index contributed by atoms with van der Waals surface area (Å²) in [4.78, 5) is 70.9. The van der Waals surface area contributed by atoms with Crippen molar-refractivity contribution < 1.29 is 57.2 Å². The first kappa shape index (κ1) is 91.9. The Balaban J connectivity index is 0. The highest BCUT2D eigenvalue weighted by Gasteiger charge is 2.63. The second-order valence-corrected chi connectivity index (χ2v) is 35.5. The van der Waals surface area contributed by atoms with Crippen LogP contribution in [0.4, 0.5) is 0 Å². The molecule has 0 aliphatic heterocycles. The first-order valence-corrected chi connectivity index (χ1v) is 37.6. The van der Waals surface area contributed by atoms with E-state index < -0.39 is 0 Å². The summed E-state index contributed by atoms with van der Waals surface area (Å²) in [6, 6.07) is 0. The molecule has 0 aromatic carbocycles. The lowest BCUT2D eigenvalue weighted by molar-refractivity contribution is -0.168. The molecule has 12 heteroatoms. The summed E-state index contributed by atoms with van der Waals surface area (Å²) >= 11 is 0. The first-order chi connectivity index (χ1) is 42.4. The molecule has 4 rings (SSSR count). The SMILES string of the molecule is CCC(C)(C)C(=O)OC1CC(C)(C)CCC1C.CCC(C)(C)C(=O)OC1CC2CCC1(C)C2(C)C.CCC(C)(C)C(=O)OC1CCC(C(C)(C)C)CC1.CCC(C)(C)C(=O)OCC(C)C.CCCCC(CC)COC(=O)C(C)(C)CC.CCCCOC(=O)C(C)(C)CC. The van der Waals surface area contributed by atoms with Crippen LogP contribution in [-0.4, -0.2) is 73.9 Å². The molecule has 6 atom stereocenters. The molecular weight excluding hydrogens is 1160 g/mol. The number of rotatable bonds is 26. The fourth-order valence-electron chi connectivity index (χ4n) is 11.2. The monoisotopic (exact) mass is 1320 g/mol. The third-order valence-corrected chi connectivity index (χ3v) is 23.0. The molecule has 6 unspecified atom stereocenters. The molecule has 0 spiro atoms. The van der Waals surface area contributed by atoms with Crippen LogP contribution in [0.3, 0.4) is 0 Å². The minimum atomic E-state index is -0.346. The third-order valence-electron chi connectivity index (χ3n) is 23.0. The van der Waals surface area contributed by atoms with Crippen LogP contribution in [0.15, 0.2) is 0 Å². The molecule has 2 bridgehead atoms. The van der Waals surface area contributed by atoms with Crippen LogP contribution in [0.5, 0.6) is 0 Å². The van der Waals surface area contributed by atoms with E-state index in [-0.39, 0.29) is 92.0 Å². The Bertz CT molecular complexity index is 2160. The van der Waals surface area contributed by atoms with Crippen LogP contribution in [-0.2, 0) is 57.2 Å². The topological polar surface area (TPSA) is 158 Å². The van der Waals surface area contributed by atoms with Crippen molar-refractivity contribution in [1.29, 1.82) is 0 Å². The second kappa shape index (κ2) is 40.6. The van der Waals surface area contributed by atoms with Gasteiger partial charge in [-0.2, -0.15) is 0 Å². The van der Waals surface area contributed by atoms with Crippen molar-refractivity contribution in [3.8, 4) is 0 Å². The van der Waals surface area contributed by atoms with Crippen LogP contribution in [0.25, 0.3) is 0 Å². The highest BCUT2D eigenvalue weighted by molar-refractivity contribution is 5.78. The predicted octanol–water partition coefficient (Wildman–Crippen LogP) is 22.5. The largest absolute Gasteiger partial charge is 0.465 e. The predicted molar refractivity (Wildman–Crippen MR) is 387 cm³/mol. The van der Waals surface area contributed by atoms with Gasteiger partial charge in [0.05, 0.1) is 52.3 Å². The standard InChI is InChI=1S/C16H28O2.C16H30O2.C15H28O2.C14H28O2.2C10H20O2/c1-7-14(2,3)13(17)18-12-10-11-8-9-16(12,6)15(11,4)5;1-7-16(5,6)14(17)18-13-10-8-12(9-11-13)15(2,3)4;1-7-15(5,6)13(16)17-12-10-14(3,4)9-8-11(12)2;1-6-9-10-12(7-2)11-16-13(15)14(4,5)8-3;1-6-10(4,5)9(11)12-7-8(2)3;1-5-7-8-12-9(11)10(3,4)6-2/h11-12H,7-10H2,1-6H3;12-13H,7-11H2,1-6H3;11-12H,7-10H2,1-6H3;12H,6-11H2,1-5H3;8H,6-7H2,1-5H3;5-8H2,1-4H3. The van der Waals surface area contributed by atoms with E-state index in [1.807, 2.05) is 138 Å². The molecule has 0 radical (unpaired) electrons. The van der Waals surface area contributed by atoms with E-state index in [0.717, 1.165) is 102 Å². The molecule has 0 heterocycles. The van der Waals surface area contributed by atoms with Crippen molar-refractivity contribution >= 4 is 35.8 Å². The molecule has 4 aliphatic rings. The number of hydrogen-bond acceptors (Lipinski definition) is 12. The van der Waals surface area contributed by atoms with E-state index in [4.69, 9.17) is 28.4 Å². The van der Waals surface area contributed by atoms with E-state index in [0.29, 0.717) is 53.8 Å². The average Bonchev–Trinajstić information content (AvgIpc) is 1.56. The Morgan fingerprint density at radius 1 is 0.462 bits per heavy atom. The third kappa shape index (κ3) is 31.5. The maximum atomic E-state index is 12.3. The molecule has 550 valence electrons. The summed E-state index contributed by atoms with van der Waals surface area (Å²) in [5.41, 5.74) is -0.798. The van der Waals surface area contributed by atoms with Crippen molar-refractivity contribution in [1.82, 2.24) is 0 Å². The van der Waals surface area contributed by atoms with Gasteiger partial charge < -0.3 is 28.4 Å². The van der Waals surface area contributed by atoms with E-state index in [9.17, 15) is 28.8 Å². The van der Waals surface area contributed by atoms with Crippen molar-refractivity contribution in [3.63, 3.8) is 0 Å². The Labute approximate surface area is 575 Å². The van der Waals surface area contributed by atoms with Crippen molar-refractivity contribution in [2.75, 3.05) is 19.8 Å². The van der Waals surface area contributed by atoms with Gasteiger partial charge in [0.1, 0.15) is 18.3 Å². The van der Waals surface area contributed by atoms with Gasteiger partial charge in [-0.1, -0.05) is 164 Å². The minimum absolute atomic E-state index is 0.0143. The number of carbonyl (C=O) groups is 6. The molecule has 0 amide bonds. The zero-order chi connectivity index (χ0) is 73.0. The number of esters is 6. The summed E-state index contributed by atoms with van der Waals surface area (Å²) in [6.45, 7) is 68.4. The molecule has 93 heavy (non-hydrogen) atoms. The number of fused-ring (bicyclic) bond motifs is 2. The fourth-order valence-corrected chi connectivity index (χ4v) is 11.2. The van der Waals surface area contributed by atoms with Crippen LogP contribution in [0, 0.1) is 83.7 Å². The quantitative estimate of drug-likeness (QED) is 0.0459. The number of carbonyl (C=O) groups excluding carboxylic acids is 6. The molecule has 0 saturated heterocycles. The fraction of sp³-hybridized carbons (Fsp3) is 0.926. The molecule has 0 aromatic heterocycles. The summed E-state index contributed by atoms with van der Waals surface area (Å²) in [5.74, 6) is 2.68. The van der Waals surface area contributed by atoms with Crippen LogP contribution in [0.1, 0.15) is 363 Å². The Kier molecular flexibility index (Phi) is 40.2. The molecule has 4 saturated carbocycles. The molecule has 4 fully saturated rings. The molecule has 12 nitrogen and oxygen atoms in total. The minimum Gasteiger partial charge on any atom is -0.465 e. The maximum absolute atomic E-state index is 12.3. The lowest BCUT2D eigenvalue weighted by atomic mass is 9.70. The normalized spacial score (nSPS) is 22.9. The van der Waals surface area contributed by atoms with Crippen LogP contribution in [0.2, 0.25) is 0 Å². The Hall–Kier alpha value is -3.18. The zero-order valence-corrected chi connectivity index (χ0v) is 67.2. The van der Waals surface area contributed by atoms with E-state index in [1.54, 1.807) is 0 Å². The van der Waals surface area contributed by atoms with Gasteiger partial charge in [-0.3, -0.25) is 28.8 Å². The highest BCUT2D eigenvalue weighted by Crippen LogP contribution is 2.66. The second-order valence-electron chi connectivity index (χ2n) is 35.5.